The Morgan fingerprint density at radius 3 is 2.65 bits per heavy atom. The first-order valence-corrected chi connectivity index (χ1v) is 7.46. The second-order valence-electron chi connectivity index (χ2n) is 6.17. The summed E-state index contributed by atoms with van der Waals surface area (Å²) in [6.45, 7) is 7.21. The van der Waals surface area contributed by atoms with Crippen molar-refractivity contribution in [1.82, 2.24) is 9.88 Å². The molecule has 0 atom stereocenters. The zero-order chi connectivity index (χ0) is 14.2. The molecule has 0 aliphatic carbocycles. The lowest BCUT2D eigenvalue weighted by molar-refractivity contribution is 0.0444. The summed E-state index contributed by atoms with van der Waals surface area (Å²) >= 11 is 0. The van der Waals surface area contributed by atoms with Gasteiger partial charge in [-0.1, -0.05) is 18.2 Å². The summed E-state index contributed by atoms with van der Waals surface area (Å²) in [6.07, 6.45) is 2.19. The average molecular weight is 272 g/mol. The van der Waals surface area contributed by atoms with E-state index in [0.29, 0.717) is 0 Å². The van der Waals surface area contributed by atoms with E-state index in [1.54, 1.807) is 0 Å². The third-order valence-electron chi connectivity index (χ3n) is 4.79. The molecule has 0 unspecified atom stereocenters. The predicted molar refractivity (Wildman–Crippen MR) is 83.0 cm³/mol. The van der Waals surface area contributed by atoms with E-state index in [1.807, 2.05) is 0 Å². The first-order valence-electron chi connectivity index (χ1n) is 7.46. The van der Waals surface area contributed by atoms with Crippen LogP contribution >= 0.6 is 0 Å². The number of benzene rings is 1. The Morgan fingerprint density at radius 2 is 1.95 bits per heavy atom. The molecule has 0 radical (unpaired) electrons. The first-order chi connectivity index (χ1) is 9.61. The molecule has 1 aromatic carbocycles. The Bertz CT molecular complexity index is 570. The van der Waals surface area contributed by atoms with E-state index in [-0.39, 0.29) is 5.54 Å². The lowest BCUT2D eigenvalue weighted by atomic mass is 9.92. The minimum Gasteiger partial charge on any atom is -0.381 e. The summed E-state index contributed by atoms with van der Waals surface area (Å²) in [6, 6.07) is 8.64. The van der Waals surface area contributed by atoms with Crippen molar-refractivity contribution >= 4 is 10.9 Å². The van der Waals surface area contributed by atoms with Crippen LogP contribution < -0.4 is 5.32 Å². The highest BCUT2D eigenvalue weighted by molar-refractivity contribution is 5.85. The van der Waals surface area contributed by atoms with Crippen LogP contribution in [0.2, 0.25) is 0 Å². The molecule has 3 rings (SSSR count). The monoisotopic (exact) mass is 272 g/mol. The molecule has 1 saturated heterocycles. The topological polar surface area (TPSA) is 26.2 Å². The number of rotatable bonds is 3. The molecule has 1 aromatic heterocycles. The summed E-state index contributed by atoms with van der Waals surface area (Å²) in [4.78, 5) is 0. The van der Waals surface area contributed by atoms with Crippen LogP contribution in [0.5, 0.6) is 0 Å². The summed E-state index contributed by atoms with van der Waals surface area (Å²) in [5, 5.41) is 5.12. The molecule has 3 nitrogen and oxygen atoms in total. The maximum atomic E-state index is 5.47. The fraction of sp³-hybridized carbons (Fsp3) is 0.529. The van der Waals surface area contributed by atoms with Crippen LogP contribution in [0.3, 0.4) is 0 Å². The number of aromatic nitrogens is 1. The Morgan fingerprint density at radius 1 is 1.25 bits per heavy atom. The van der Waals surface area contributed by atoms with Crippen molar-refractivity contribution in [3.8, 4) is 0 Å². The Balaban J connectivity index is 1.84. The van der Waals surface area contributed by atoms with Crippen LogP contribution in [-0.4, -0.2) is 23.3 Å². The molecule has 0 spiro atoms. The molecule has 0 saturated carbocycles. The smallest absolute Gasteiger partial charge is 0.0483 e. The largest absolute Gasteiger partial charge is 0.381 e. The normalized spacial score (nSPS) is 18.6. The minimum atomic E-state index is 0.209. The number of nitrogens with one attached hydrogen (secondary N) is 1. The van der Waals surface area contributed by atoms with Crippen molar-refractivity contribution in [2.45, 2.75) is 38.8 Å². The van der Waals surface area contributed by atoms with E-state index in [4.69, 9.17) is 4.74 Å². The summed E-state index contributed by atoms with van der Waals surface area (Å²) in [5.74, 6) is 0. The predicted octanol–water partition coefficient (Wildman–Crippen LogP) is 3.15. The van der Waals surface area contributed by atoms with Crippen LogP contribution in [0.25, 0.3) is 10.9 Å². The molecule has 20 heavy (non-hydrogen) atoms. The zero-order valence-corrected chi connectivity index (χ0v) is 12.7. The van der Waals surface area contributed by atoms with Crippen LogP contribution in [0.15, 0.2) is 24.3 Å². The van der Waals surface area contributed by atoms with Gasteiger partial charge in [-0.2, -0.15) is 0 Å². The molecule has 2 aromatic rings. The lowest BCUT2D eigenvalue weighted by Crippen LogP contribution is -2.46. The van der Waals surface area contributed by atoms with Crippen LogP contribution in [0, 0.1) is 6.92 Å². The SMILES string of the molecule is Cc1c(CNC2(C)CCOCC2)n(C)c2ccccc12. The van der Waals surface area contributed by atoms with E-state index in [2.05, 4.69) is 55.0 Å². The summed E-state index contributed by atoms with van der Waals surface area (Å²) in [5.41, 5.74) is 4.31. The Kier molecular flexibility index (Phi) is 3.57. The van der Waals surface area contributed by atoms with Crippen molar-refractivity contribution < 1.29 is 4.74 Å². The van der Waals surface area contributed by atoms with E-state index in [0.717, 1.165) is 32.6 Å². The number of nitrogens with zero attached hydrogens (tertiary/aromatic N) is 1. The maximum Gasteiger partial charge on any atom is 0.0483 e. The second-order valence-corrected chi connectivity index (χ2v) is 6.17. The van der Waals surface area contributed by atoms with Crippen molar-refractivity contribution in [3.05, 3.63) is 35.5 Å². The zero-order valence-electron chi connectivity index (χ0n) is 12.7. The molecular formula is C17H24N2O. The molecule has 1 N–H and O–H groups in total. The van der Waals surface area contributed by atoms with Crippen molar-refractivity contribution in [2.24, 2.45) is 7.05 Å². The highest BCUT2D eigenvalue weighted by atomic mass is 16.5. The number of para-hydroxylation sites is 1. The molecule has 0 bridgehead atoms. The van der Waals surface area contributed by atoms with Gasteiger partial charge in [-0.05, 0) is 38.3 Å². The van der Waals surface area contributed by atoms with Gasteiger partial charge in [0.15, 0.2) is 0 Å². The maximum absolute atomic E-state index is 5.47. The van der Waals surface area contributed by atoms with Gasteiger partial charge in [-0.15, -0.1) is 0 Å². The molecule has 108 valence electrons. The van der Waals surface area contributed by atoms with Crippen LogP contribution in [-0.2, 0) is 18.3 Å². The summed E-state index contributed by atoms with van der Waals surface area (Å²) < 4.78 is 7.79. The molecule has 2 heterocycles. The molecule has 3 heteroatoms. The van der Waals surface area contributed by atoms with Gasteiger partial charge in [0.05, 0.1) is 0 Å². The van der Waals surface area contributed by atoms with E-state index in [1.165, 1.54) is 22.2 Å². The second kappa shape index (κ2) is 5.23. The van der Waals surface area contributed by atoms with Crippen molar-refractivity contribution in [2.75, 3.05) is 13.2 Å². The van der Waals surface area contributed by atoms with Gasteiger partial charge in [0.25, 0.3) is 0 Å². The van der Waals surface area contributed by atoms with Crippen molar-refractivity contribution in [1.29, 1.82) is 0 Å². The third-order valence-corrected chi connectivity index (χ3v) is 4.79. The number of aryl methyl sites for hydroxylation is 2. The van der Waals surface area contributed by atoms with Gasteiger partial charge < -0.3 is 14.6 Å². The summed E-state index contributed by atoms with van der Waals surface area (Å²) in [7, 11) is 2.17. The van der Waals surface area contributed by atoms with Gasteiger partial charge in [-0.25, -0.2) is 0 Å². The van der Waals surface area contributed by atoms with Gasteiger partial charge in [-0.3, -0.25) is 0 Å². The Labute approximate surface area is 120 Å². The Hall–Kier alpha value is -1.32. The fourth-order valence-corrected chi connectivity index (χ4v) is 3.18. The molecular weight excluding hydrogens is 248 g/mol. The van der Waals surface area contributed by atoms with Gasteiger partial charge >= 0.3 is 0 Å². The molecule has 1 aliphatic rings. The molecule has 0 amide bonds. The molecule has 1 aliphatic heterocycles. The number of ether oxygens (including phenoxy) is 1. The highest BCUT2D eigenvalue weighted by Gasteiger charge is 2.27. The number of hydrogen-bond acceptors (Lipinski definition) is 2. The quantitative estimate of drug-likeness (QED) is 0.929. The van der Waals surface area contributed by atoms with Gasteiger partial charge in [0.2, 0.25) is 0 Å². The standard InChI is InChI=1S/C17H24N2O/c1-13-14-6-4-5-7-15(14)19(3)16(13)12-18-17(2)8-10-20-11-9-17/h4-7,18H,8-12H2,1-3H3. The number of fused-ring (bicyclic) bond motifs is 1. The van der Waals surface area contributed by atoms with Gasteiger partial charge in [0.1, 0.15) is 0 Å². The van der Waals surface area contributed by atoms with Crippen molar-refractivity contribution in [3.63, 3.8) is 0 Å². The van der Waals surface area contributed by atoms with Gasteiger partial charge in [0, 0.05) is 48.9 Å². The fourth-order valence-electron chi connectivity index (χ4n) is 3.18. The van der Waals surface area contributed by atoms with E-state index >= 15 is 0 Å². The van der Waals surface area contributed by atoms with Crippen LogP contribution in [0.1, 0.15) is 31.0 Å². The highest BCUT2D eigenvalue weighted by Crippen LogP contribution is 2.26. The lowest BCUT2D eigenvalue weighted by Gasteiger charge is -2.34. The minimum absolute atomic E-state index is 0.209. The number of hydrogen-bond donors (Lipinski definition) is 1. The van der Waals surface area contributed by atoms with E-state index in [9.17, 15) is 0 Å². The third kappa shape index (κ3) is 2.36. The average Bonchev–Trinajstić information content (AvgIpc) is 2.70. The van der Waals surface area contributed by atoms with E-state index < -0.39 is 0 Å². The molecule has 1 fully saturated rings. The first kappa shape index (κ1) is 13.7. The van der Waals surface area contributed by atoms with Crippen LogP contribution in [0.4, 0.5) is 0 Å².